The molecule has 0 saturated heterocycles. The third-order valence-electron chi connectivity index (χ3n) is 2.48. The van der Waals surface area contributed by atoms with Crippen LogP contribution < -0.4 is 4.74 Å². The van der Waals surface area contributed by atoms with E-state index in [9.17, 15) is 0 Å². The van der Waals surface area contributed by atoms with E-state index >= 15 is 0 Å². The third-order valence-corrected chi connectivity index (χ3v) is 2.48. The summed E-state index contributed by atoms with van der Waals surface area (Å²) in [5, 5.41) is 8.64. The van der Waals surface area contributed by atoms with E-state index in [-0.39, 0.29) is 6.61 Å². The second-order valence-electron chi connectivity index (χ2n) is 3.94. The van der Waals surface area contributed by atoms with Crippen molar-refractivity contribution in [2.24, 2.45) is 0 Å². The van der Waals surface area contributed by atoms with E-state index in [0.29, 0.717) is 13.0 Å². The second kappa shape index (κ2) is 7.20. The van der Waals surface area contributed by atoms with Gasteiger partial charge in [-0.2, -0.15) is 0 Å². The number of pyridine rings is 1. The molecular formula is C16H15NO2. The summed E-state index contributed by atoms with van der Waals surface area (Å²) < 4.78 is 5.66. The van der Waals surface area contributed by atoms with Gasteiger partial charge in [0, 0.05) is 24.4 Å². The molecular weight excluding hydrogens is 238 g/mol. The molecule has 2 rings (SSSR count). The van der Waals surface area contributed by atoms with Gasteiger partial charge in [0.2, 0.25) is 0 Å². The highest BCUT2D eigenvalue weighted by Gasteiger charge is 1.95. The van der Waals surface area contributed by atoms with Crippen molar-refractivity contribution in [2.75, 3.05) is 6.61 Å². The molecule has 0 unspecified atom stereocenters. The van der Waals surface area contributed by atoms with Crippen LogP contribution in [-0.2, 0) is 6.61 Å². The minimum Gasteiger partial charge on any atom is -0.489 e. The summed E-state index contributed by atoms with van der Waals surface area (Å²) >= 11 is 0. The van der Waals surface area contributed by atoms with Crippen molar-refractivity contribution in [3.05, 3.63) is 59.9 Å². The smallest absolute Gasteiger partial charge is 0.119 e. The number of ether oxygens (including phenoxy) is 1. The predicted octanol–water partition coefficient (Wildman–Crippen LogP) is 2.39. The minimum absolute atomic E-state index is 0.0973. The van der Waals surface area contributed by atoms with Gasteiger partial charge in [0.15, 0.2) is 0 Å². The quantitative estimate of drug-likeness (QED) is 0.851. The van der Waals surface area contributed by atoms with Gasteiger partial charge in [-0.15, -0.1) is 0 Å². The van der Waals surface area contributed by atoms with Crippen molar-refractivity contribution in [1.29, 1.82) is 0 Å². The molecule has 1 N–H and O–H groups in total. The van der Waals surface area contributed by atoms with Gasteiger partial charge >= 0.3 is 0 Å². The molecule has 3 nitrogen and oxygen atoms in total. The summed E-state index contributed by atoms with van der Waals surface area (Å²) in [6, 6.07) is 11.5. The second-order valence-corrected chi connectivity index (χ2v) is 3.94. The van der Waals surface area contributed by atoms with Crippen LogP contribution in [0.25, 0.3) is 0 Å². The van der Waals surface area contributed by atoms with Gasteiger partial charge in [0.1, 0.15) is 12.4 Å². The van der Waals surface area contributed by atoms with Gasteiger partial charge in [0.25, 0.3) is 0 Å². The van der Waals surface area contributed by atoms with Crippen molar-refractivity contribution < 1.29 is 9.84 Å². The minimum atomic E-state index is 0.0973. The van der Waals surface area contributed by atoms with Crippen molar-refractivity contribution in [1.82, 2.24) is 4.98 Å². The van der Waals surface area contributed by atoms with E-state index in [4.69, 9.17) is 9.84 Å². The lowest BCUT2D eigenvalue weighted by atomic mass is 10.2. The maximum atomic E-state index is 8.64. The van der Waals surface area contributed by atoms with Crippen LogP contribution in [-0.4, -0.2) is 16.7 Å². The first-order chi connectivity index (χ1) is 9.38. The summed E-state index contributed by atoms with van der Waals surface area (Å²) in [4.78, 5) is 3.96. The van der Waals surface area contributed by atoms with Gasteiger partial charge in [-0.25, -0.2) is 0 Å². The molecule has 0 fully saturated rings. The topological polar surface area (TPSA) is 42.4 Å². The van der Waals surface area contributed by atoms with Crippen molar-refractivity contribution in [2.45, 2.75) is 13.0 Å². The Labute approximate surface area is 112 Å². The number of rotatable bonds is 4. The molecule has 0 bridgehead atoms. The average Bonchev–Trinajstić information content (AvgIpc) is 2.48. The van der Waals surface area contributed by atoms with Crippen molar-refractivity contribution >= 4 is 0 Å². The first-order valence-electron chi connectivity index (χ1n) is 6.10. The summed E-state index contributed by atoms with van der Waals surface area (Å²) in [5.74, 6) is 6.66. The molecule has 0 radical (unpaired) electrons. The number of benzene rings is 1. The number of nitrogens with zero attached hydrogens (tertiary/aromatic N) is 1. The Hall–Kier alpha value is -2.31. The lowest BCUT2D eigenvalue weighted by molar-refractivity contribution is 0.305. The Morgan fingerprint density at radius 2 is 1.79 bits per heavy atom. The Kier molecular flexibility index (Phi) is 4.97. The molecule has 0 atom stereocenters. The van der Waals surface area contributed by atoms with Crippen LogP contribution in [0.1, 0.15) is 17.5 Å². The first kappa shape index (κ1) is 13.1. The summed E-state index contributed by atoms with van der Waals surface area (Å²) in [7, 11) is 0. The fourth-order valence-electron chi connectivity index (χ4n) is 1.50. The van der Waals surface area contributed by atoms with Gasteiger partial charge in [-0.3, -0.25) is 4.98 Å². The molecule has 0 spiro atoms. The molecule has 2 aromatic rings. The molecule has 0 aliphatic carbocycles. The number of aliphatic hydroxyl groups is 1. The number of hydrogen-bond acceptors (Lipinski definition) is 3. The van der Waals surface area contributed by atoms with Crippen molar-refractivity contribution in [3.63, 3.8) is 0 Å². The van der Waals surface area contributed by atoms with E-state index in [2.05, 4.69) is 16.8 Å². The average molecular weight is 253 g/mol. The highest BCUT2D eigenvalue weighted by Crippen LogP contribution is 2.13. The zero-order valence-corrected chi connectivity index (χ0v) is 10.5. The van der Waals surface area contributed by atoms with E-state index in [0.717, 1.165) is 16.9 Å². The van der Waals surface area contributed by atoms with Gasteiger partial charge in [-0.1, -0.05) is 11.8 Å². The standard InChI is InChI=1S/C16H15NO2/c18-12-2-1-3-14-4-6-16(7-5-14)19-13-15-8-10-17-11-9-15/h4-11,18H,2,12-13H2. The van der Waals surface area contributed by atoms with E-state index in [1.54, 1.807) is 12.4 Å². The Morgan fingerprint density at radius 3 is 2.47 bits per heavy atom. The van der Waals surface area contributed by atoms with Gasteiger partial charge < -0.3 is 9.84 Å². The normalized spacial score (nSPS) is 9.53. The zero-order valence-electron chi connectivity index (χ0n) is 10.5. The molecule has 19 heavy (non-hydrogen) atoms. The van der Waals surface area contributed by atoms with Crippen LogP contribution in [0.3, 0.4) is 0 Å². The lowest BCUT2D eigenvalue weighted by Gasteiger charge is -2.05. The molecule has 3 heteroatoms. The van der Waals surface area contributed by atoms with E-state index < -0.39 is 0 Å². The molecule has 96 valence electrons. The third kappa shape index (κ3) is 4.46. The van der Waals surface area contributed by atoms with Crippen LogP contribution in [0, 0.1) is 11.8 Å². The maximum absolute atomic E-state index is 8.64. The monoisotopic (exact) mass is 253 g/mol. The molecule has 1 heterocycles. The highest BCUT2D eigenvalue weighted by atomic mass is 16.5. The molecule has 1 aromatic carbocycles. The SMILES string of the molecule is OCCC#Cc1ccc(OCc2ccncc2)cc1. The van der Waals surface area contributed by atoms with Crippen LogP contribution >= 0.6 is 0 Å². The zero-order chi connectivity index (χ0) is 13.3. The molecule has 0 aliphatic rings. The number of aromatic nitrogens is 1. The summed E-state index contributed by atoms with van der Waals surface area (Å²) in [6.07, 6.45) is 4.00. The van der Waals surface area contributed by atoms with Crippen LogP contribution in [0.2, 0.25) is 0 Å². The van der Waals surface area contributed by atoms with Gasteiger partial charge in [-0.05, 0) is 42.0 Å². The van der Waals surface area contributed by atoms with E-state index in [1.165, 1.54) is 0 Å². The first-order valence-corrected chi connectivity index (χ1v) is 6.10. The highest BCUT2D eigenvalue weighted by molar-refractivity contribution is 5.38. The summed E-state index contributed by atoms with van der Waals surface area (Å²) in [5.41, 5.74) is 2.01. The molecule has 0 amide bonds. The number of hydrogen-bond donors (Lipinski definition) is 1. The van der Waals surface area contributed by atoms with Crippen LogP contribution in [0.15, 0.2) is 48.8 Å². The van der Waals surface area contributed by atoms with Crippen molar-refractivity contribution in [3.8, 4) is 17.6 Å². The summed E-state index contributed by atoms with van der Waals surface area (Å²) in [6.45, 7) is 0.623. The fourth-order valence-corrected chi connectivity index (χ4v) is 1.50. The fraction of sp³-hybridized carbons (Fsp3) is 0.188. The Bertz CT molecular complexity index is 553. The number of aliphatic hydroxyl groups excluding tert-OH is 1. The maximum Gasteiger partial charge on any atom is 0.119 e. The predicted molar refractivity (Wildman–Crippen MR) is 73.6 cm³/mol. The largest absolute Gasteiger partial charge is 0.489 e. The lowest BCUT2D eigenvalue weighted by Crippen LogP contribution is -1.95. The van der Waals surface area contributed by atoms with Crippen LogP contribution in [0.5, 0.6) is 5.75 Å². The molecule has 0 aliphatic heterocycles. The van der Waals surface area contributed by atoms with Crippen LogP contribution in [0.4, 0.5) is 0 Å². The Morgan fingerprint density at radius 1 is 1.05 bits per heavy atom. The Balaban J connectivity index is 1.91. The molecule has 0 saturated carbocycles. The van der Waals surface area contributed by atoms with Gasteiger partial charge in [0.05, 0.1) is 6.61 Å². The van der Waals surface area contributed by atoms with E-state index in [1.807, 2.05) is 36.4 Å². The molecule has 1 aromatic heterocycles.